The van der Waals surface area contributed by atoms with Gasteiger partial charge in [-0.3, -0.25) is 0 Å². The Bertz CT molecular complexity index is 103. The van der Waals surface area contributed by atoms with Gasteiger partial charge in [0.15, 0.2) is 0 Å². The Labute approximate surface area is 76.9 Å². The van der Waals surface area contributed by atoms with Crippen molar-refractivity contribution in [3.63, 3.8) is 0 Å². The Morgan fingerprint density at radius 2 is 1.83 bits per heavy atom. The van der Waals surface area contributed by atoms with E-state index >= 15 is 0 Å². The average Bonchev–Trinajstić information content (AvgIpc) is 2.15. The van der Waals surface area contributed by atoms with E-state index in [0.29, 0.717) is 6.04 Å². The molecule has 1 radical (unpaired) electrons. The Balaban J connectivity index is 2.29. The summed E-state index contributed by atoms with van der Waals surface area (Å²) in [7, 11) is 0. The van der Waals surface area contributed by atoms with E-state index in [4.69, 9.17) is 0 Å². The van der Waals surface area contributed by atoms with Crippen LogP contribution in [0.25, 0.3) is 0 Å². The molecule has 1 fully saturated rings. The minimum atomic E-state index is 0.676. The van der Waals surface area contributed by atoms with Crippen molar-refractivity contribution in [2.24, 2.45) is 5.92 Å². The molecule has 12 heavy (non-hydrogen) atoms. The zero-order chi connectivity index (χ0) is 8.81. The maximum absolute atomic E-state index is 4.67. The van der Waals surface area contributed by atoms with Crippen molar-refractivity contribution in [1.29, 1.82) is 0 Å². The molecule has 71 valence electrons. The highest BCUT2D eigenvalue weighted by atomic mass is 14.9. The van der Waals surface area contributed by atoms with Crippen LogP contribution in [0.3, 0.4) is 0 Å². The number of nitrogens with zero attached hydrogens (tertiary/aromatic N) is 1. The third-order valence-corrected chi connectivity index (χ3v) is 3.03. The minimum absolute atomic E-state index is 0.676. The monoisotopic (exact) mass is 168 g/mol. The first-order valence-electron chi connectivity index (χ1n) is 5.55. The lowest BCUT2D eigenvalue weighted by Gasteiger charge is -2.28. The second kappa shape index (κ2) is 5.58. The van der Waals surface area contributed by atoms with Crippen LogP contribution < -0.4 is 5.32 Å². The van der Waals surface area contributed by atoms with E-state index in [1.165, 1.54) is 38.5 Å². The second-order valence-corrected chi connectivity index (χ2v) is 3.87. The highest BCUT2D eigenvalue weighted by Crippen LogP contribution is 2.27. The second-order valence-electron chi connectivity index (χ2n) is 3.87. The third kappa shape index (κ3) is 2.78. The number of rotatable bonds is 4. The Hall–Kier alpha value is -0.0400. The summed E-state index contributed by atoms with van der Waals surface area (Å²) in [4.78, 5) is 0. The van der Waals surface area contributed by atoms with Gasteiger partial charge in [0.25, 0.3) is 0 Å². The molecule has 1 rings (SSSR count). The maximum Gasteiger partial charge on any atom is 0.0271 e. The molecule has 0 aromatic carbocycles. The maximum atomic E-state index is 4.67. The van der Waals surface area contributed by atoms with Crippen LogP contribution in [0.5, 0.6) is 0 Å². The van der Waals surface area contributed by atoms with Gasteiger partial charge in [-0.2, -0.15) is 0 Å². The highest BCUT2D eigenvalue weighted by molar-refractivity contribution is 4.77. The normalized spacial score (nSPS) is 22.5. The molecule has 0 bridgehead atoms. The molecule has 1 atom stereocenters. The summed E-state index contributed by atoms with van der Waals surface area (Å²) in [5.74, 6) is 0.920. The largest absolute Gasteiger partial charge is 0.238 e. The highest BCUT2D eigenvalue weighted by Gasteiger charge is 2.21. The predicted molar refractivity (Wildman–Crippen MR) is 53.3 cm³/mol. The van der Waals surface area contributed by atoms with Crippen LogP contribution in [0.15, 0.2) is 0 Å². The summed E-state index contributed by atoms with van der Waals surface area (Å²) in [5, 5.41) is 4.67. The van der Waals surface area contributed by atoms with Crippen molar-refractivity contribution in [3.05, 3.63) is 0 Å². The molecule has 0 saturated heterocycles. The van der Waals surface area contributed by atoms with Crippen LogP contribution in [0.4, 0.5) is 0 Å². The van der Waals surface area contributed by atoms with E-state index in [-0.39, 0.29) is 0 Å². The minimum Gasteiger partial charge on any atom is -0.238 e. The van der Waals surface area contributed by atoms with Gasteiger partial charge in [0, 0.05) is 12.6 Å². The lowest BCUT2D eigenvalue weighted by molar-refractivity contribution is 0.262. The van der Waals surface area contributed by atoms with Crippen molar-refractivity contribution < 1.29 is 0 Å². The predicted octanol–water partition coefficient (Wildman–Crippen LogP) is 2.97. The summed E-state index contributed by atoms with van der Waals surface area (Å²) in [5.41, 5.74) is 0. The molecule has 0 spiro atoms. The average molecular weight is 168 g/mol. The van der Waals surface area contributed by atoms with Crippen molar-refractivity contribution in [1.82, 2.24) is 5.32 Å². The summed E-state index contributed by atoms with van der Waals surface area (Å²) in [6, 6.07) is 0.676. The fourth-order valence-corrected chi connectivity index (χ4v) is 2.36. The van der Waals surface area contributed by atoms with Gasteiger partial charge in [-0.1, -0.05) is 33.1 Å². The molecule has 1 unspecified atom stereocenters. The zero-order valence-electron chi connectivity index (χ0n) is 8.55. The van der Waals surface area contributed by atoms with Crippen molar-refractivity contribution in [3.8, 4) is 0 Å². The van der Waals surface area contributed by atoms with Crippen LogP contribution in [0, 0.1) is 5.92 Å². The molecular formula is C11H22N. The van der Waals surface area contributed by atoms with Gasteiger partial charge in [0.2, 0.25) is 0 Å². The first kappa shape index (κ1) is 10.0. The summed E-state index contributed by atoms with van der Waals surface area (Å²) in [6.45, 7) is 5.44. The lowest BCUT2D eigenvalue weighted by atomic mass is 9.83. The van der Waals surface area contributed by atoms with Gasteiger partial charge in [-0.25, -0.2) is 5.32 Å². The number of hydrogen-bond acceptors (Lipinski definition) is 0. The molecule has 1 aliphatic rings. The van der Waals surface area contributed by atoms with Gasteiger partial charge >= 0.3 is 0 Å². The summed E-state index contributed by atoms with van der Waals surface area (Å²) in [6.07, 6.45) is 8.46. The standard InChI is InChI=1S/C11H22N/c1-3-11(12-4-2)10-8-6-5-7-9-10/h10-11H,3-9H2,1-2H3. The molecule has 0 aromatic heterocycles. The van der Waals surface area contributed by atoms with E-state index in [1.807, 2.05) is 0 Å². The molecular weight excluding hydrogens is 146 g/mol. The quantitative estimate of drug-likeness (QED) is 0.613. The molecule has 0 heterocycles. The van der Waals surface area contributed by atoms with Crippen LogP contribution >= 0.6 is 0 Å². The van der Waals surface area contributed by atoms with Gasteiger partial charge in [-0.05, 0) is 25.2 Å². The fraction of sp³-hybridized carbons (Fsp3) is 1.00. The Kier molecular flexibility index (Phi) is 4.67. The van der Waals surface area contributed by atoms with Crippen molar-refractivity contribution in [2.75, 3.05) is 6.54 Å². The lowest BCUT2D eigenvalue weighted by Crippen LogP contribution is -2.31. The van der Waals surface area contributed by atoms with Crippen LogP contribution in [-0.2, 0) is 0 Å². The van der Waals surface area contributed by atoms with E-state index in [0.717, 1.165) is 12.5 Å². The van der Waals surface area contributed by atoms with E-state index in [2.05, 4.69) is 19.2 Å². The van der Waals surface area contributed by atoms with Crippen molar-refractivity contribution >= 4 is 0 Å². The van der Waals surface area contributed by atoms with Gasteiger partial charge in [-0.15, -0.1) is 0 Å². The van der Waals surface area contributed by atoms with Crippen LogP contribution in [0.1, 0.15) is 52.4 Å². The molecule has 1 heteroatoms. The van der Waals surface area contributed by atoms with E-state index in [1.54, 1.807) is 0 Å². The molecule has 0 amide bonds. The van der Waals surface area contributed by atoms with Gasteiger partial charge in [0.1, 0.15) is 0 Å². The van der Waals surface area contributed by atoms with E-state index < -0.39 is 0 Å². The molecule has 0 aliphatic heterocycles. The molecule has 0 N–H and O–H groups in total. The zero-order valence-corrected chi connectivity index (χ0v) is 8.55. The third-order valence-electron chi connectivity index (χ3n) is 3.03. The van der Waals surface area contributed by atoms with Crippen molar-refractivity contribution in [2.45, 2.75) is 58.4 Å². The van der Waals surface area contributed by atoms with Gasteiger partial charge in [0.05, 0.1) is 0 Å². The molecule has 1 nitrogen and oxygen atoms in total. The molecule has 1 saturated carbocycles. The first-order chi connectivity index (χ1) is 5.88. The Morgan fingerprint density at radius 1 is 1.17 bits per heavy atom. The summed E-state index contributed by atoms with van der Waals surface area (Å²) >= 11 is 0. The van der Waals surface area contributed by atoms with Gasteiger partial charge < -0.3 is 0 Å². The number of hydrogen-bond donors (Lipinski definition) is 0. The molecule has 0 aromatic rings. The fourth-order valence-electron chi connectivity index (χ4n) is 2.36. The van der Waals surface area contributed by atoms with E-state index in [9.17, 15) is 0 Å². The van der Waals surface area contributed by atoms with Crippen LogP contribution in [0.2, 0.25) is 0 Å². The van der Waals surface area contributed by atoms with Crippen LogP contribution in [-0.4, -0.2) is 12.6 Å². The Morgan fingerprint density at radius 3 is 2.33 bits per heavy atom. The summed E-state index contributed by atoms with van der Waals surface area (Å²) < 4.78 is 0. The smallest absolute Gasteiger partial charge is 0.0271 e. The first-order valence-corrected chi connectivity index (χ1v) is 5.55. The molecule has 1 aliphatic carbocycles. The topological polar surface area (TPSA) is 14.1 Å². The SMILES string of the molecule is CC[N]C(CC)C1CCCCC1.